The molecule has 0 radical (unpaired) electrons. The van der Waals surface area contributed by atoms with Crippen molar-refractivity contribution < 1.29 is 23.4 Å². The first-order valence-electron chi connectivity index (χ1n) is 7.98. The van der Waals surface area contributed by atoms with Crippen LogP contribution in [0.15, 0.2) is 72.8 Å². The monoisotopic (exact) mass is 352 g/mol. The number of halogens is 1. The molecule has 0 spiro atoms. The maximum atomic E-state index is 13.0. The van der Waals surface area contributed by atoms with E-state index in [1.807, 2.05) is 0 Å². The van der Waals surface area contributed by atoms with Gasteiger partial charge in [-0.15, -0.1) is 0 Å². The molecule has 26 heavy (non-hydrogen) atoms. The van der Waals surface area contributed by atoms with Gasteiger partial charge in [-0.2, -0.15) is 0 Å². The molecule has 132 valence electrons. The van der Waals surface area contributed by atoms with E-state index in [1.54, 1.807) is 67.8 Å². The van der Waals surface area contributed by atoms with E-state index >= 15 is 0 Å². The lowest BCUT2D eigenvalue weighted by Crippen LogP contribution is -2.11. The average molecular weight is 352 g/mol. The van der Waals surface area contributed by atoms with E-state index in [9.17, 15) is 9.18 Å². The Hall–Kier alpha value is -3.34. The highest BCUT2D eigenvalue weighted by atomic mass is 19.1. The summed E-state index contributed by atoms with van der Waals surface area (Å²) in [5.41, 5.74) is 1.11. The predicted molar refractivity (Wildman–Crippen MR) is 95.1 cm³/mol. The second-order valence-electron chi connectivity index (χ2n) is 5.48. The lowest BCUT2D eigenvalue weighted by atomic mass is 10.2. The Morgan fingerprint density at radius 2 is 1.54 bits per heavy atom. The summed E-state index contributed by atoms with van der Waals surface area (Å²) in [5, 5.41) is 0. The van der Waals surface area contributed by atoms with Crippen molar-refractivity contribution in [2.45, 2.75) is 6.61 Å². The van der Waals surface area contributed by atoms with Crippen LogP contribution in [0.25, 0.3) is 0 Å². The van der Waals surface area contributed by atoms with E-state index in [0.717, 1.165) is 5.56 Å². The van der Waals surface area contributed by atoms with Crippen molar-refractivity contribution in [3.63, 3.8) is 0 Å². The third-order valence-electron chi connectivity index (χ3n) is 3.68. The molecule has 3 aromatic carbocycles. The van der Waals surface area contributed by atoms with Crippen molar-refractivity contribution in [1.82, 2.24) is 0 Å². The first-order chi connectivity index (χ1) is 12.7. The fraction of sp³-hybridized carbons (Fsp3) is 0.0952. The van der Waals surface area contributed by atoms with Gasteiger partial charge in [0.05, 0.1) is 7.11 Å². The van der Waals surface area contributed by atoms with E-state index in [2.05, 4.69) is 0 Å². The van der Waals surface area contributed by atoms with Crippen LogP contribution >= 0.6 is 0 Å². The van der Waals surface area contributed by atoms with Crippen molar-refractivity contribution in [2.24, 2.45) is 0 Å². The van der Waals surface area contributed by atoms with Crippen LogP contribution < -0.4 is 14.2 Å². The zero-order valence-corrected chi connectivity index (χ0v) is 14.1. The molecule has 0 N–H and O–H groups in total. The van der Waals surface area contributed by atoms with Gasteiger partial charge in [-0.05, 0) is 54.1 Å². The fourth-order valence-electron chi connectivity index (χ4n) is 2.31. The number of benzene rings is 3. The minimum atomic E-state index is -0.523. The van der Waals surface area contributed by atoms with Crippen LogP contribution in [0.1, 0.15) is 15.9 Å². The number of carbonyl (C=O) groups excluding carboxylic acids is 1. The van der Waals surface area contributed by atoms with Crippen LogP contribution in [0, 0.1) is 5.82 Å². The summed E-state index contributed by atoms with van der Waals surface area (Å²) >= 11 is 0. The molecular formula is C21H17FO4. The maximum absolute atomic E-state index is 13.0. The Morgan fingerprint density at radius 1 is 0.885 bits per heavy atom. The van der Waals surface area contributed by atoms with E-state index in [-0.39, 0.29) is 12.4 Å². The minimum absolute atomic E-state index is 0.215. The molecule has 0 fully saturated rings. The fourth-order valence-corrected chi connectivity index (χ4v) is 2.31. The Morgan fingerprint density at radius 3 is 2.23 bits per heavy atom. The average Bonchev–Trinajstić information content (AvgIpc) is 2.68. The third kappa shape index (κ3) is 4.39. The lowest BCUT2D eigenvalue weighted by Gasteiger charge is -2.11. The number of ether oxygens (including phenoxy) is 3. The maximum Gasteiger partial charge on any atom is 0.347 e. The van der Waals surface area contributed by atoms with Gasteiger partial charge in [0.15, 0.2) is 0 Å². The van der Waals surface area contributed by atoms with Crippen molar-refractivity contribution in [2.75, 3.05) is 7.11 Å². The first kappa shape index (κ1) is 17.5. The normalized spacial score (nSPS) is 10.2. The third-order valence-corrected chi connectivity index (χ3v) is 3.68. The molecule has 0 heterocycles. The topological polar surface area (TPSA) is 44.8 Å². The zero-order chi connectivity index (χ0) is 18.4. The van der Waals surface area contributed by atoms with Gasteiger partial charge in [-0.3, -0.25) is 0 Å². The summed E-state index contributed by atoms with van der Waals surface area (Å²) in [6.45, 7) is 0.215. The highest BCUT2D eigenvalue weighted by Crippen LogP contribution is 2.23. The van der Waals surface area contributed by atoms with E-state index < -0.39 is 5.97 Å². The van der Waals surface area contributed by atoms with Crippen molar-refractivity contribution in [3.05, 3.63) is 89.7 Å². The number of esters is 1. The molecule has 0 saturated heterocycles. The Bertz CT molecular complexity index is 873. The SMILES string of the molecule is COc1ccc(OC(=O)c2ccccc2OCc2ccc(F)cc2)cc1. The summed E-state index contributed by atoms with van der Waals surface area (Å²) in [5.74, 6) is 0.648. The first-order valence-corrected chi connectivity index (χ1v) is 7.98. The molecule has 0 saturated carbocycles. The van der Waals surface area contributed by atoms with E-state index in [4.69, 9.17) is 14.2 Å². The predicted octanol–water partition coefficient (Wildman–Crippen LogP) is 4.63. The van der Waals surface area contributed by atoms with E-state index in [1.165, 1.54) is 12.1 Å². The highest BCUT2D eigenvalue weighted by Gasteiger charge is 2.15. The summed E-state index contributed by atoms with van der Waals surface area (Å²) in [6.07, 6.45) is 0. The molecule has 0 bridgehead atoms. The van der Waals surface area contributed by atoms with Crippen LogP contribution in [-0.4, -0.2) is 13.1 Å². The second-order valence-corrected chi connectivity index (χ2v) is 5.48. The van der Waals surface area contributed by atoms with Crippen molar-refractivity contribution in [1.29, 1.82) is 0 Å². The van der Waals surface area contributed by atoms with Crippen molar-refractivity contribution >= 4 is 5.97 Å². The second kappa shape index (κ2) is 8.16. The summed E-state index contributed by atoms with van der Waals surface area (Å²) < 4.78 is 29.1. The largest absolute Gasteiger partial charge is 0.497 e. The van der Waals surface area contributed by atoms with Gasteiger partial charge in [0.2, 0.25) is 0 Å². The molecule has 0 atom stereocenters. The molecule has 5 heteroatoms. The number of rotatable bonds is 6. The number of methoxy groups -OCH3 is 1. The minimum Gasteiger partial charge on any atom is -0.497 e. The smallest absolute Gasteiger partial charge is 0.347 e. The molecule has 4 nitrogen and oxygen atoms in total. The standard InChI is InChI=1S/C21H17FO4/c1-24-17-10-12-18(13-11-17)26-21(23)19-4-2-3-5-20(19)25-14-15-6-8-16(22)9-7-15/h2-13H,14H2,1H3. The molecule has 0 aromatic heterocycles. The quantitative estimate of drug-likeness (QED) is 0.479. The van der Waals surface area contributed by atoms with Gasteiger partial charge >= 0.3 is 5.97 Å². The van der Waals surface area contributed by atoms with Crippen molar-refractivity contribution in [3.8, 4) is 17.2 Å². The Kier molecular flexibility index (Phi) is 5.49. The number of para-hydroxylation sites is 1. The molecular weight excluding hydrogens is 335 g/mol. The molecule has 3 aromatic rings. The van der Waals surface area contributed by atoms with Crippen LogP contribution in [0.3, 0.4) is 0 Å². The molecule has 3 rings (SSSR count). The van der Waals surface area contributed by atoms with Gasteiger partial charge in [0.1, 0.15) is 35.2 Å². The zero-order valence-electron chi connectivity index (χ0n) is 14.1. The summed E-state index contributed by atoms with van der Waals surface area (Å²) in [6, 6.07) is 19.5. The number of carbonyl (C=O) groups is 1. The van der Waals surface area contributed by atoms with Crippen LogP contribution in [0.4, 0.5) is 4.39 Å². The molecule has 0 aliphatic heterocycles. The van der Waals surface area contributed by atoms with Gasteiger partial charge in [0.25, 0.3) is 0 Å². The lowest BCUT2D eigenvalue weighted by molar-refractivity contribution is 0.0729. The number of hydrogen-bond acceptors (Lipinski definition) is 4. The van der Waals surface area contributed by atoms with Crippen LogP contribution in [-0.2, 0) is 6.61 Å². The Labute approximate surface area is 150 Å². The molecule has 0 aliphatic rings. The van der Waals surface area contributed by atoms with E-state index in [0.29, 0.717) is 22.8 Å². The van der Waals surface area contributed by atoms with Gasteiger partial charge in [-0.1, -0.05) is 24.3 Å². The molecule has 0 unspecified atom stereocenters. The summed E-state index contributed by atoms with van der Waals surface area (Å²) in [7, 11) is 1.57. The number of hydrogen-bond donors (Lipinski definition) is 0. The highest BCUT2D eigenvalue weighted by molar-refractivity contribution is 5.94. The van der Waals surface area contributed by atoms with Gasteiger partial charge < -0.3 is 14.2 Å². The van der Waals surface area contributed by atoms with Gasteiger partial charge in [0, 0.05) is 0 Å². The molecule has 0 amide bonds. The van der Waals surface area contributed by atoms with Gasteiger partial charge in [-0.25, -0.2) is 9.18 Å². The summed E-state index contributed by atoms with van der Waals surface area (Å²) in [4.78, 5) is 12.5. The molecule has 0 aliphatic carbocycles. The van der Waals surface area contributed by atoms with Crippen LogP contribution in [0.5, 0.6) is 17.2 Å². The Balaban J connectivity index is 1.70. The van der Waals surface area contributed by atoms with Crippen LogP contribution in [0.2, 0.25) is 0 Å².